The van der Waals surface area contributed by atoms with Gasteiger partial charge in [-0.2, -0.15) is 0 Å². The maximum Gasteiger partial charge on any atom is 0.472 e. The second kappa shape index (κ2) is 64.4. The van der Waals surface area contributed by atoms with E-state index in [0.717, 1.165) is 44.9 Å². The van der Waals surface area contributed by atoms with E-state index in [0.29, 0.717) is 6.42 Å². The molecule has 0 spiro atoms. The second-order valence-electron chi connectivity index (χ2n) is 23.1. The maximum atomic E-state index is 12.8. The average Bonchev–Trinajstić information content (AvgIpc) is 3.43. The van der Waals surface area contributed by atoms with Gasteiger partial charge in [0.05, 0.1) is 13.2 Å². The van der Waals surface area contributed by atoms with E-state index < -0.39 is 26.5 Å². The highest BCUT2D eigenvalue weighted by atomic mass is 31.2. The molecule has 0 fully saturated rings. The molecule has 460 valence electrons. The highest BCUT2D eigenvalue weighted by Crippen LogP contribution is 2.43. The van der Waals surface area contributed by atoms with E-state index in [1.54, 1.807) is 0 Å². The summed E-state index contributed by atoms with van der Waals surface area (Å²) in [4.78, 5) is 35.3. The molecule has 0 aliphatic heterocycles. The monoisotopic (exact) mass is 1120 g/mol. The van der Waals surface area contributed by atoms with Crippen LogP contribution in [0.3, 0.4) is 0 Å². The Morgan fingerprint density at radius 1 is 0.385 bits per heavy atom. The van der Waals surface area contributed by atoms with Crippen molar-refractivity contribution in [3.63, 3.8) is 0 Å². The number of unbranched alkanes of at least 4 members (excludes halogenated alkanes) is 46. The zero-order valence-electron chi connectivity index (χ0n) is 51.7. The van der Waals surface area contributed by atoms with Crippen LogP contribution in [0.15, 0.2) is 36.5 Å². The number of ether oxygens (including phenoxy) is 2. The molecule has 0 aromatic heterocycles. The van der Waals surface area contributed by atoms with E-state index in [1.165, 1.54) is 276 Å². The SMILES string of the molecule is CCCCCCC/C=C\C/C=C\C/C=C\CCCCCCCCCCCCCCCCCCC(=O)OC(COC(=O)CCCCCCCCCCCCCCCCCCCCCCCCCCCC)COP(=O)(O)OCCN. The lowest BCUT2D eigenvalue weighted by Gasteiger charge is -2.19. The quantitative estimate of drug-likeness (QED) is 0.0264. The van der Waals surface area contributed by atoms with Gasteiger partial charge in [0, 0.05) is 19.4 Å². The first-order valence-corrected chi connectivity index (χ1v) is 35.5. The Labute approximate surface area is 484 Å². The molecule has 0 aromatic carbocycles. The van der Waals surface area contributed by atoms with Gasteiger partial charge in [0.15, 0.2) is 6.10 Å². The topological polar surface area (TPSA) is 134 Å². The van der Waals surface area contributed by atoms with Gasteiger partial charge in [-0.3, -0.25) is 18.6 Å². The van der Waals surface area contributed by atoms with Crippen LogP contribution in [-0.4, -0.2) is 49.3 Å². The van der Waals surface area contributed by atoms with E-state index in [-0.39, 0.29) is 38.6 Å². The molecule has 3 N–H and O–H groups in total. The molecular weight excluding hydrogens is 990 g/mol. The van der Waals surface area contributed by atoms with Crippen molar-refractivity contribution in [2.24, 2.45) is 5.73 Å². The van der Waals surface area contributed by atoms with Crippen molar-refractivity contribution in [2.45, 2.75) is 360 Å². The third kappa shape index (κ3) is 63.4. The summed E-state index contributed by atoms with van der Waals surface area (Å²) in [5.41, 5.74) is 5.40. The standard InChI is InChI=1S/C68H130NO8P/c1-3-5-7-9-11-13-15-17-19-21-23-25-27-29-31-32-33-34-35-37-39-41-43-45-47-49-51-53-55-57-59-61-68(71)77-66(65-76-78(72,73)75-63-62-69)64-74-67(70)60-58-56-54-52-50-48-46-44-42-40-38-36-30-28-26-24-22-20-18-16-14-12-10-8-6-4-2/h15,17,21,23,27,29,66H,3-14,16,18-20,22,24-26,28,30-65,69H2,1-2H3,(H,72,73)/b17-15-,23-21-,29-27-. The molecule has 0 aliphatic rings. The van der Waals surface area contributed by atoms with Crippen LogP contribution in [0.2, 0.25) is 0 Å². The number of phosphoric acid groups is 1. The molecule has 0 rings (SSSR count). The molecule has 0 saturated heterocycles. The van der Waals surface area contributed by atoms with Gasteiger partial charge in [-0.1, -0.05) is 326 Å². The Kier molecular flexibility index (Phi) is 62.9. The minimum atomic E-state index is -4.39. The largest absolute Gasteiger partial charge is 0.472 e. The summed E-state index contributed by atoms with van der Waals surface area (Å²) < 4.78 is 33.2. The molecular formula is C68H130NO8P. The van der Waals surface area contributed by atoms with Crippen LogP contribution in [0.1, 0.15) is 354 Å². The number of carbonyl (C=O) groups excluding carboxylic acids is 2. The summed E-state index contributed by atoms with van der Waals surface area (Å²) in [6, 6.07) is 0. The Balaban J connectivity index is 3.85. The fraction of sp³-hybridized carbons (Fsp3) is 0.882. The van der Waals surface area contributed by atoms with Crippen molar-refractivity contribution in [3.8, 4) is 0 Å². The number of allylic oxidation sites excluding steroid dienone is 6. The van der Waals surface area contributed by atoms with Gasteiger partial charge in [0.1, 0.15) is 6.61 Å². The van der Waals surface area contributed by atoms with Crippen LogP contribution >= 0.6 is 7.82 Å². The van der Waals surface area contributed by atoms with E-state index in [2.05, 4.69) is 50.3 Å². The molecule has 0 amide bonds. The third-order valence-electron chi connectivity index (χ3n) is 15.3. The molecule has 10 heteroatoms. The summed E-state index contributed by atoms with van der Waals surface area (Å²) in [5.74, 6) is -0.806. The highest BCUT2D eigenvalue weighted by Gasteiger charge is 2.26. The van der Waals surface area contributed by atoms with Gasteiger partial charge in [-0.25, -0.2) is 4.57 Å². The molecule has 0 aromatic rings. The average molecular weight is 1120 g/mol. The zero-order valence-corrected chi connectivity index (χ0v) is 52.6. The lowest BCUT2D eigenvalue weighted by Crippen LogP contribution is -2.29. The van der Waals surface area contributed by atoms with Crippen LogP contribution in [0, 0.1) is 0 Å². The number of hydrogen-bond acceptors (Lipinski definition) is 8. The van der Waals surface area contributed by atoms with Crippen molar-refractivity contribution in [1.82, 2.24) is 0 Å². The Hall–Kier alpha value is -1.77. The van der Waals surface area contributed by atoms with Gasteiger partial charge in [0.2, 0.25) is 0 Å². The van der Waals surface area contributed by atoms with Crippen LogP contribution in [-0.2, 0) is 32.7 Å². The van der Waals surface area contributed by atoms with Gasteiger partial charge < -0.3 is 20.1 Å². The maximum absolute atomic E-state index is 12.8. The lowest BCUT2D eigenvalue weighted by molar-refractivity contribution is -0.161. The number of carbonyl (C=O) groups is 2. The zero-order chi connectivity index (χ0) is 56.6. The van der Waals surface area contributed by atoms with Crippen molar-refractivity contribution in [1.29, 1.82) is 0 Å². The van der Waals surface area contributed by atoms with Gasteiger partial charge >= 0.3 is 19.8 Å². The van der Waals surface area contributed by atoms with E-state index in [9.17, 15) is 19.0 Å². The first-order chi connectivity index (χ1) is 38.3. The Morgan fingerprint density at radius 3 is 0.987 bits per heavy atom. The van der Waals surface area contributed by atoms with Gasteiger partial charge in [-0.05, 0) is 51.4 Å². The highest BCUT2D eigenvalue weighted by molar-refractivity contribution is 7.47. The summed E-state index contributed by atoms with van der Waals surface area (Å²) in [6.07, 6.45) is 79.5. The molecule has 2 atom stereocenters. The number of nitrogens with two attached hydrogens (primary N) is 1. The summed E-state index contributed by atoms with van der Waals surface area (Å²) in [5, 5.41) is 0. The fourth-order valence-electron chi connectivity index (χ4n) is 10.2. The van der Waals surface area contributed by atoms with Crippen LogP contribution < -0.4 is 5.73 Å². The van der Waals surface area contributed by atoms with Crippen LogP contribution in [0.4, 0.5) is 0 Å². The molecule has 0 saturated carbocycles. The Morgan fingerprint density at radius 2 is 0.667 bits per heavy atom. The first kappa shape index (κ1) is 76.2. The van der Waals surface area contributed by atoms with Crippen molar-refractivity contribution < 1.29 is 37.6 Å². The summed E-state index contributed by atoms with van der Waals surface area (Å²) >= 11 is 0. The number of phosphoric ester groups is 1. The van der Waals surface area contributed by atoms with Crippen molar-refractivity contribution in [3.05, 3.63) is 36.5 Å². The Bertz CT molecular complexity index is 1370. The van der Waals surface area contributed by atoms with E-state index in [1.807, 2.05) is 0 Å². The molecule has 9 nitrogen and oxygen atoms in total. The predicted octanol–water partition coefficient (Wildman–Crippen LogP) is 21.9. The number of hydrogen-bond donors (Lipinski definition) is 2. The summed E-state index contributed by atoms with van der Waals surface area (Å²) in [6.45, 7) is 3.80. The minimum Gasteiger partial charge on any atom is -0.462 e. The van der Waals surface area contributed by atoms with E-state index >= 15 is 0 Å². The van der Waals surface area contributed by atoms with Crippen molar-refractivity contribution >= 4 is 19.8 Å². The molecule has 0 radical (unpaired) electrons. The van der Waals surface area contributed by atoms with Crippen LogP contribution in [0.25, 0.3) is 0 Å². The van der Waals surface area contributed by atoms with Crippen molar-refractivity contribution in [2.75, 3.05) is 26.4 Å². The minimum absolute atomic E-state index is 0.0558. The molecule has 2 unspecified atom stereocenters. The molecule has 0 bridgehead atoms. The first-order valence-electron chi connectivity index (χ1n) is 34.0. The van der Waals surface area contributed by atoms with Crippen LogP contribution in [0.5, 0.6) is 0 Å². The predicted molar refractivity (Wildman–Crippen MR) is 335 cm³/mol. The fourth-order valence-corrected chi connectivity index (χ4v) is 11.0. The third-order valence-corrected chi connectivity index (χ3v) is 16.3. The smallest absolute Gasteiger partial charge is 0.462 e. The number of rotatable bonds is 65. The molecule has 0 heterocycles. The van der Waals surface area contributed by atoms with Gasteiger partial charge in [0.25, 0.3) is 0 Å². The molecule has 78 heavy (non-hydrogen) atoms. The number of esters is 2. The lowest BCUT2D eigenvalue weighted by atomic mass is 10.0. The van der Waals surface area contributed by atoms with Gasteiger partial charge in [-0.15, -0.1) is 0 Å². The normalized spacial score (nSPS) is 13.1. The summed E-state index contributed by atoms with van der Waals surface area (Å²) in [7, 11) is -4.39. The van der Waals surface area contributed by atoms with E-state index in [4.69, 9.17) is 24.3 Å². The second-order valence-corrected chi connectivity index (χ2v) is 24.5. The molecule has 0 aliphatic carbocycles.